The number of rotatable bonds is 8. The molecular weight excluding hydrogens is 320 g/mol. The Labute approximate surface area is 129 Å². The quantitative estimate of drug-likeness (QED) is 0.567. The van der Waals surface area contributed by atoms with Crippen molar-refractivity contribution in [3.63, 3.8) is 0 Å². The maximum Gasteiger partial charge on any atom is 0.387 e. The molecule has 0 bridgehead atoms. The summed E-state index contributed by atoms with van der Waals surface area (Å²) < 4.78 is 57.7. The van der Waals surface area contributed by atoms with Crippen LogP contribution in [0.5, 0.6) is 11.5 Å². The number of amides is 1. The summed E-state index contributed by atoms with van der Waals surface area (Å²) in [6, 6.07) is 3.26. The molecule has 0 saturated heterocycles. The third-order valence-electron chi connectivity index (χ3n) is 3.00. The van der Waals surface area contributed by atoms with Gasteiger partial charge in [-0.1, -0.05) is 6.58 Å². The van der Waals surface area contributed by atoms with Crippen LogP contribution in [-0.2, 0) is 4.79 Å². The van der Waals surface area contributed by atoms with Gasteiger partial charge in [0.05, 0.1) is 5.70 Å². The first-order valence-corrected chi connectivity index (χ1v) is 6.65. The van der Waals surface area contributed by atoms with Crippen LogP contribution in [0.4, 0.5) is 17.6 Å². The molecule has 0 atom stereocenters. The van der Waals surface area contributed by atoms with Gasteiger partial charge >= 0.3 is 13.2 Å². The number of hydrazine groups is 1. The van der Waals surface area contributed by atoms with Crippen molar-refractivity contribution in [2.24, 2.45) is 5.92 Å². The van der Waals surface area contributed by atoms with Gasteiger partial charge in [-0.25, -0.2) is 0 Å². The van der Waals surface area contributed by atoms with Crippen LogP contribution >= 0.6 is 0 Å². The molecule has 1 fully saturated rings. The predicted molar refractivity (Wildman–Crippen MR) is 72.7 cm³/mol. The molecule has 1 aliphatic rings. The summed E-state index contributed by atoms with van der Waals surface area (Å²) in [6.45, 7) is -2.66. The smallest absolute Gasteiger partial charge is 0.387 e. The summed E-state index contributed by atoms with van der Waals surface area (Å²) in [5.41, 5.74) is 5.01. The number of hydrogen-bond donors (Lipinski definition) is 2. The largest absolute Gasteiger partial charge is 0.435 e. The van der Waals surface area contributed by atoms with Crippen molar-refractivity contribution < 1.29 is 31.8 Å². The Morgan fingerprint density at radius 1 is 1.13 bits per heavy atom. The van der Waals surface area contributed by atoms with Crippen LogP contribution in [0.1, 0.15) is 18.4 Å². The van der Waals surface area contributed by atoms with Crippen molar-refractivity contribution in [2.75, 3.05) is 0 Å². The minimum Gasteiger partial charge on any atom is -0.435 e. The lowest BCUT2D eigenvalue weighted by Gasteiger charge is -2.16. The highest BCUT2D eigenvalue weighted by Gasteiger charge is 2.29. The highest BCUT2D eigenvalue weighted by Crippen LogP contribution is 2.31. The lowest BCUT2D eigenvalue weighted by molar-refractivity contribution is -0.122. The van der Waals surface area contributed by atoms with Gasteiger partial charge in [-0.3, -0.25) is 15.6 Å². The zero-order valence-corrected chi connectivity index (χ0v) is 11.8. The van der Waals surface area contributed by atoms with Crippen LogP contribution in [0.3, 0.4) is 0 Å². The third kappa shape index (κ3) is 5.04. The average molecular weight is 334 g/mol. The van der Waals surface area contributed by atoms with E-state index in [1.54, 1.807) is 0 Å². The molecule has 0 radical (unpaired) electrons. The van der Waals surface area contributed by atoms with Crippen molar-refractivity contribution in [1.82, 2.24) is 10.9 Å². The minimum atomic E-state index is -3.16. The summed E-state index contributed by atoms with van der Waals surface area (Å²) in [5.74, 6) is -1.04. The molecule has 1 saturated carbocycles. The number of carbonyl (C=O) groups is 1. The van der Waals surface area contributed by atoms with Gasteiger partial charge in [-0.2, -0.15) is 17.6 Å². The standard InChI is InChI=1S/C14H14F4N2O3/c1-7(19-20-12(21)8-2-3-8)10-5-4-9(22-13(15)16)6-11(10)23-14(17)18/h4-6,8,13-14,19H,1-3H2,(H,20,21). The van der Waals surface area contributed by atoms with Crippen molar-refractivity contribution in [1.29, 1.82) is 0 Å². The van der Waals surface area contributed by atoms with E-state index < -0.39 is 19.0 Å². The van der Waals surface area contributed by atoms with Gasteiger partial charge in [0.25, 0.3) is 0 Å². The molecule has 1 aromatic carbocycles. The lowest BCUT2D eigenvalue weighted by Crippen LogP contribution is -2.36. The number of ether oxygens (including phenoxy) is 2. The molecule has 126 valence electrons. The number of halogens is 4. The maximum atomic E-state index is 12.5. The Morgan fingerprint density at radius 3 is 2.35 bits per heavy atom. The Morgan fingerprint density at radius 2 is 1.78 bits per heavy atom. The lowest BCUT2D eigenvalue weighted by atomic mass is 10.1. The van der Waals surface area contributed by atoms with Gasteiger partial charge in [0, 0.05) is 17.5 Å². The van der Waals surface area contributed by atoms with Gasteiger partial charge in [0.15, 0.2) is 0 Å². The monoisotopic (exact) mass is 334 g/mol. The van der Waals surface area contributed by atoms with E-state index in [4.69, 9.17) is 0 Å². The molecule has 1 aliphatic carbocycles. The van der Waals surface area contributed by atoms with Crippen molar-refractivity contribution in [2.45, 2.75) is 26.1 Å². The van der Waals surface area contributed by atoms with Crippen LogP contribution in [0.15, 0.2) is 24.8 Å². The van der Waals surface area contributed by atoms with Crippen LogP contribution in [0.2, 0.25) is 0 Å². The molecule has 0 aliphatic heterocycles. The van der Waals surface area contributed by atoms with E-state index in [1.165, 1.54) is 6.07 Å². The van der Waals surface area contributed by atoms with Crippen LogP contribution in [0, 0.1) is 5.92 Å². The molecule has 1 aromatic rings. The third-order valence-corrected chi connectivity index (χ3v) is 3.00. The first kappa shape index (κ1) is 16.9. The Balaban J connectivity index is 2.10. The molecule has 2 N–H and O–H groups in total. The van der Waals surface area contributed by atoms with Crippen molar-refractivity contribution in [3.8, 4) is 11.5 Å². The minimum absolute atomic E-state index is 0.0612. The number of benzene rings is 1. The number of carbonyl (C=O) groups excluding carboxylic acids is 1. The summed E-state index contributed by atoms with van der Waals surface area (Å²) in [6.07, 6.45) is 1.58. The van der Waals surface area contributed by atoms with Gasteiger partial charge < -0.3 is 9.47 Å². The first-order chi connectivity index (χ1) is 10.9. The second-order valence-electron chi connectivity index (χ2n) is 4.78. The fourth-order valence-corrected chi connectivity index (χ4v) is 1.77. The Kier molecular flexibility index (Phi) is 5.30. The van der Waals surface area contributed by atoms with Crippen molar-refractivity contribution in [3.05, 3.63) is 30.3 Å². The summed E-state index contributed by atoms with van der Waals surface area (Å²) in [4.78, 5) is 11.5. The molecule has 9 heteroatoms. The molecule has 5 nitrogen and oxygen atoms in total. The molecule has 23 heavy (non-hydrogen) atoms. The Bertz CT molecular complexity index is 591. The predicted octanol–water partition coefficient (Wildman–Crippen LogP) is 2.89. The summed E-state index contributed by atoms with van der Waals surface area (Å²) in [7, 11) is 0. The maximum absolute atomic E-state index is 12.5. The second-order valence-corrected chi connectivity index (χ2v) is 4.78. The Hall–Kier alpha value is -2.45. The molecule has 1 amide bonds. The fourth-order valence-electron chi connectivity index (χ4n) is 1.77. The first-order valence-electron chi connectivity index (χ1n) is 6.65. The van der Waals surface area contributed by atoms with Gasteiger partial charge in [-0.15, -0.1) is 0 Å². The molecule has 0 spiro atoms. The highest BCUT2D eigenvalue weighted by atomic mass is 19.3. The normalized spacial score (nSPS) is 13.8. The van der Waals surface area contributed by atoms with Gasteiger partial charge in [0.2, 0.25) is 5.91 Å². The summed E-state index contributed by atoms with van der Waals surface area (Å²) in [5, 5.41) is 0. The van der Waals surface area contributed by atoms with E-state index in [0.29, 0.717) is 0 Å². The molecule has 0 heterocycles. The molecule has 0 aromatic heterocycles. The van der Waals surface area contributed by atoms with Gasteiger partial charge in [0.1, 0.15) is 11.5 Å². The van der Waals surface area contributed by atoms with Gasteiger partial charge in [-0.05, 0) is 25.0 Å². The van der Waals surface area contributed by atoms with E-state index in [2.05, 4.69) is 26.9 Å². The zero-order valence-electron chi connectivity index (χ0n) is 11.8. The topological polar surface area (TPSA) is 59.6 Å². The van der Waals surface area contributed by atoms with E-state index >= 15 is 0 Å². The molecular formula is C14H14F4N2O3. The molecule has 2 rings (SSSR count). The number of alkyl halides is 4. The number of hydrogen-bond acceptors (Lipinski definition) is 4. The average Bonchev–Trinajstić information content (AvgIpc) is 3.28. The SMILES string of the molecule is C=C(NNC(=O)C1CC1)c1ccc(OC(F)F)cc1OC(F)F. The van der Waals surface area contributed by atoms with E-state index in [9.17, 15) is 22.4 Å². The van der Waals surface area contributed by atoms with Crippen LogP contribution in [-0.4, -0.2) is 19.1 Å². The fraction of sp³-hybridized carbons (Fsp3) is 0.357. The second kappa shape index (κ2) is 7.21. The molecule has 0 unspecified atom stereocenters. The van der Waals surface area contributed by atoms with E-state index in [0.717, 1.165) is 25.0 Å². The van der Waals surface area contributed by atoms with Crippen LogP contribution in [0.25, 0.3) is 5.70 Å². The number of nitrogens with one attached hydrogen (secondary N) is 2. The summed E-state index contributed by atoms with van der Waals surface area (Å²) >= 11 is 0. The van der Waals surface area contributed by atoms with E-state index in [-0.39, 0.29) is 28.8 Å². The van der Waals surface area contributed by atoms with E-state index in [1.807, 2.05) is 0 Å². The van der Waals surface area contributed by atoms with Crippen LogP contribution < -0.4 is 20.3 Å². The zero-order chi connectivity index (χ0) is 17.0. The van der Waals surface area contributed by atoms with Crippen molar-refractivity contribution >= 4 is 11.6 Å². The highest BCUT2D eigenvalue weighted by molar-refractivity contribution is 5.81.